The third-order valence-electron chi connectivity index (χ3n) is 4.18. The summed E-state index contributed by atoms with van der Waals surface area (Å²) in [5.74, 6) is 0.912. The molecule has 2 aliphatic rings. The lowest BCUT2D eigenvalue weighted by Gasteiger charge is -2.36. The van der Waals surface area contributed by atoms with Crippen LogP contribution in [0.25, 0.3) is 0 Å². The molecule has 3 amide bonds. The zero-order valence-electron chi connectivity index (χ0n) is 12.5. The van der Waals surface area contributed by atoms with Gasteiger partial charge in [-0.15, -0.1) is 0 Å². The van der Waals surface area contributed by atoms with Crippen LogP contribution >= 0.6 is 0 Å². The molecule has 7 nitrogen and oxygen atoms in total. The van der Waals surface area contributed by atoms with E-state index in [4.69, 9.17) is 0 Å². The number of hydrogen-bond acceptors (Lipinski definition) is 3. The van der Waals surface area contributed by atoms with Crippen molar-refractivity contribution in [3.8, 4) is 0 Å². The Bertz CT molecular complexity index is 553. The Morgan fingerprint density at radius 3 is 2.90 bits per heavy atom. The second kappa shape index (κ2) is 5.38. The first-order chi connectivity index (χ1) is 10.1. The minimum absolute atomic E-state index is 0.0133. The van der Waals surface area contributed by atoms with E-state index in [1.54, 1.807) is 11.1 Å². The third-order valence-corrected chi connectivity index (χ3v) is 4.18. The van der Waals surface area contributed by atoms with E-state index < -0.39 is 0 Å². The summed E-state index contributed by atoms with van der Waals surface area (Å²) < 4.78 is 2.05. The minimum Gasteiger partial charge on any atom is -0.337 e. The van der Waals surface area contributed by atoms with Crippen LogP contribution in [0.15, 0.2) is 12.4 Å². The average molecular weight is 291 g/mol. The summed E-state index contributed by atoms with van der Waals surface area (Å²) in [5, 5.41) is 2.99. The number of nitrogens with zero attached hydrogens (tertiary/aromatic N) is 4. The van der Waals surface area contributed by atoms with Crippen LogP contribution in [0.1, 0.15) is 32.1 Å². The first-order valence-corrected chi connectivity index (χ1v) is 7.42. The number of fused-ring (bicyclic) bond motifs is 1. The Morgan fingerprint density at radius 1 is 1.38 bits per heavy atom. The molecule has 2 aliphatic heterocycles. The van der Waals surface area contributed by atoms with E-state index in [0.29, 0.717) is 13.1 Å². The van der Waals surface area contributed by atoms with Crippen molar-refractivity contribution < 1.29 is 9.59 Å². The van der Waals surface area contributed by atoms with Crippen LogP contribution in [-0.4, -0.2) is 57.0 Å². The fourth-order valence-electron chi connectivity index (χ4n) is 3.00. The topological polar surface area (TPSA) is 70.5 Å². The summed E-state index contributed by atoms with van der Waals surface area (Å²) in [4.78, 5) is 32.0. The van der Waals surface area contributed by atoms with E-state index in [-0.39, 0.29) is 30.6 Å². The fourth-order valence-corrected chi connectivity index (χ4v) is 3.00. The van der Waals surface area contributed by atoms with Gasteiger partial charge in [-0.1, -0.05) is 0 Å². The van der Waals surface area contributed by atoms with Gasteiger partial charge in [-0.25, -0.2) is 9.78 Å². The molecule has 1 aromatic heterocycles. The molecule has 0 saturated carbocycles. The number of piperazine rings is 1. The number of imidazole rings is 1. The molecule has 7 heteroatoms. The van der Waals surface area contributed by atoms with Crippen molar-refractivity contribution in [2.75, 3.05) is 19.6 Å². The van der Waals surface area contributed by atoms with Gasteiger partial charge in [-0.05, 0) is 20.3 Å². The molecule has 1 saturated heterocycles. The predicted molar refractivity (Wildman–Crippen MR) is 76.5 cm³/mol. The lowest BCUT2D eigenvalue weighted by molar-refractivity contribution is -0.136. The maximum absolute atomic E-state index is 12.3. The van der Waals surface area contributed by atoms with Gasteiger partial charge >= 0.3 is 6.03 Å². The van der Waals surface area contributed by atoms with E-state index >= 15 is 0 Å². The van der Waals surface area contributed by atoms with Gasteiger partial charge in [0, 0.05) is 38.1 Å². The lowest BCUT2D eigenvalue weighted by Crippen LogP contribution is -2.56. The van der Waals surface area contributed by atoms with Crippen LogP contribution in [0, 0.1) is 0 Å². The fraction of sp³-hybridized carbons (Fsp3) is 0.643. The lowest BCUT2D eigenvalue weighted by atomic mass is 10.2. The molecule has 1 unspecified atom stereocenters. The van der Waals surface area contributed by atoms with Gasteiger partial charge < -0.3 is 19.7 Å². The molecule has 0 aromatic carbocycles. The molecule has 1 N–H and O–H groups in total. The number of carbonyl (C=O) groups is 2. The van der Waals surface area contributed by atoms with Crippen LogP contribution < -0.4 is 5.32 Å². The highest BCUT2D eigenvalue weighted by molar-refractivity contribution is 5.85. The van der Waals surface area contributed by atoms with Crippen LogP contribution in [0.5, 0.6) is 0 Å². The van der Waals surface area contributed by atoms with E-state index in [1.165, 1.54) is 0 Å². The molecule has 0 bridgehead atoms. The summed E-state index contributed by atoms with van der Waals surface area (Å²) in [6.07, 6.45) is 4.53. The number of nitrogens with one attached hydrogen (secondary N) is 1. The van der Waals surface area contributed by atoms with Gasteiger partial charge in [0.25, 0.3) is 0 Å². The number of aryl methyl sites for hydroxylation is 1. The molecule has 114 valence electrons. The first kappa shape index (κ1) is 13.9. The zero-order valence-corrected chi connectivity index (χ0v) is 12.5. The van der Waals surface area contributed by atoms with Crippen molar-refractivity contribution in [3.63, 3.8) is 0 Å². The molecule has 0 spiro atoms. The van der Waals surface area contributed by atoms with Gasteiger partial charge in [-0.2, -0.15) is 0 Å². The van der Waals surface area contributed by atoms with Crippen LogP contribution in [0.2, 0.25) is 0 Å². The normalized spacial score (nSPS) is 21.9. The number of urea groups is 1. The molecule has 1 fully saturated rings. The third kappa shape index (κ3) is 2.59. The Balaban J connectivity index is 1.59. The number of amides is 3. The maximum Gasteiger partial charge on any atom is 0.318 e. The zero-order chi connectivity index (χ0) is 15.0. The Morgan fingerprint density at radius 2 is 2.19 bits per heavy atom. The summed E-state index contributed by atoms with van der Waals surface area (Å²) in [5.41, 5.74) is 0. The summed E-state index contributed by atoms with van der Waals surface area (Å²) in [6, 6.07) is -0.0380. The monoisotopic (exact) mass is 291 g/mol. The Hall–Kier alpha value is -2.05. The molecule has 0 radical (unpaired) electrons. The Kier molecular flexibility index (Phi) is 3.57. The second-order valence-electron chi connectivity index (χ2n) is 5.87. The van der Waals surface area contributed by atoms with Crippen LogP contribution in [0.4, 0.5) is 4.79 Å². The van der Waals surface area contributed by atoms with Gasteiger partial charge in [0.2, 0.25) is 5.91 Å². The quantitative estimate of drug-likeness (QED) is 0.867. The maximum atomic E-state index is 12.3. The number of carbonyl (C=O) groups excluding carboxylic acids is 2. The van der Waals surface area contributed by atoms with Crippen molar-refractivity contribution in [1.82, 2.24) is 24.7 Å². The van der Waals surface area contributed by atoms with Gasteiger partial charge in [0.1, 0.15) is 12.4 Å². The molecule has 3 rings (SSSR count). The molecule has 3 heterocycles. The van der Waals surface area contributed by atoms with E-state index in [1.807, 2.05) is 29.5 Å². The molecule has 21 heavy (non-hydrogen) atoms. The standard InChI is InChI=1S/C14H21N5O2/c1-10(2)19-8-7-18(9-12(19)20)14(21)16-11-3-5-17-6-4-15-13(11)17/h4,6,10-11H,3,5,7-9H2,1-2H3,(H,16,21). The van der Waals surface area contributed by atoms with Gasteiger partial charge in [0.05, 0.1) is 6.04 Å². The predicted octanol–water partition coefficient (Wildman–Crippen LogP) is 0.590. The molecule has 0 aliphatic carbocycles. The molecule has 1 atom stereocenters. The van der Waals surface area contributed by atoms with Crippen LogP contribution in [-0.2, 0) is 11.3 Å². The SMILES string of the molecule is CC(C)N1CCN(C(=O)NC2CCn3ccnc32)CC1=O. The van der Waals surface area contributed by atoms with Crippen molar-refractivity contribution in [1.29, 1.82) is 0 Å². The minimum atomic E-state index is -0.173. The summed E-state index contributed by atoms with van der Waals surface area (Å²) >= 11 is 0. The number of rotatable bonds is 2. The summed E-state index contributed by atoms with van der Waals surface area (Å²) in [7, 11) is 0. The van der Waals surface area contributed by atoms with Crippen molar-refractivity contribution >= 4 is 11.9 Å². The van der Waals surface area contributed by atoms with Crippen molar-refractivity contribution in [2.45, 2.75) is 38.9 Å². The second-order valence-corrected chi connectivity index (χ2v) is 5.87. The molecule has 1 aromatic rings. The van der Waals surface area contributed by atoms with E-state index in [2.05, 4.69) is 10.3 Å². The summed E-state index contributed by atoms with van der Waals surface area (Å²) in [6.45, 7) is 6.20. The highest BCUT2D eigenvalue weighted by Gasteiger charge is 2.31. The van der Waals surface area contributed by atoms with Crippen molar-refractivity contribution in [2.24, 2.45) is 0 Å². The number of aromatic nitrogens is 2. The highest BCUT2D eigenvalue weighted by atomic mass is 16.2. The molecular weight excluding hydrogens is 270 g/mol. The van der Waals surface area contributed by atoms with E-state index in [0.717, 1.165) is 18.8 Å². The number of hydrogen-bond donors (Lipinski definition) is 1. The van der Waals surface area contributed by atoms with E-state index in [9.17, 15) is 9.59 Å². The van der Waals surface area contributed by atoms with Gasteiger partial charge in [0.15, 0.2) is 0 Å². The largest absolute Gasteiger partial charge is 0.337 e. The van der Waals surface area contributed by atoms with Gasteiger partial charge in [-0.3, -0.25) is 4.79 Å². The molecular formula is C14H21N5O2. The van der Waals surface area contributed by atoms with Crippen LogP contribution in [0.3, 0.4) is 0 Å². The van der Waals surface area contributed by atoms with Crippen molar-refractivity contribution in [3.05, 3.63) is 18.2 Å². The first-order valence-electron chi connectivity index (χ1n) is 7.42. The Labute approximate surface area is 123 Å². The average Bonchev–Trinajstić information content (AvgIpc) is 3.03. The smallest absolute Gasteiger partial charge is 0.318 e. The highest BCUT2D eigenvalue weighted by Crippen LogP contribution is 2.23.